The number of sulfonamides is 1. The van der Waals surface area contributed by atoms with Crippen LogP contribution in [0.5, 0.6) is 0 Å². The van der Waals surface area contributed by atoms with E-state index in [0.29, 0.717) is 19.2 Å². The lowest BCUT2D eigenvalue weighted by atomic mass is 9.90. The van der Waals surface area contributed by atoms with E-state index in [9.17, 15) is 26.4 Å². The van der Waals surface area contributed by atoms with E-state index >= 15 is 0 Å². The van der Waals surface area contributed by atoms with Gasteiger partial charge in [-0.2, -0.15) is 13.2 Å². The van der Waals surface area contributed by atoms with Gasteiger partial charge < -0.3 is 10.6 Å². The highest BCUT2D eigenvalue weighted by Crippen LogP contribution is 2.30. The number of hydrogen-bond acceptors (Lipinski definition) is 4. The Balaban J connectivity index is 1.40. The van der Waals surface area contributed by atoms with Gasteiger partial charge in [-0.25, -0.2) is 13.1 Å². The number of halogens is 3. The average Bonchev–Trinajstić information content (AvgIpc) is 2.89. The summed E-state index contributed by atoms with van der Waals surface area (Å²) in [4.78, 5) is 12.6. The summed E-state index contributed by atoms with van der Waals surface area (Å²) >= 11 is 0. The molecule has 0 aliphatic carbocycles. The van der Waals surface area contributed by atoms with E-state index in [-0.39, 0.29) is 24.8 Å². The molecule has 3 aromatic rings. The lowest BCUT2D eigenvalue weighted by Gasteiger charge is -2.30. The molecule has 10 heteroatoms. The summed E-state index contributed by atoms with van der Waals surface area (Å²) in [5.41, 5.74) is 1.07. The van der Waals surface area contributed by atoms with Crippen LogP contribution in [0.1, 0.15) is 29.0 Å². The zero-order chi connectivity index (χ0) is 26.5. The molecule has 0 aromatic heterocycles. The Morgan fingerprint density at radius 3 is 2.14 bits per heavy atom. The molecule has 0 saturated carbocycles. The quantitative estimate of drug-likeness (QED) is 0.412. The third-order valence-corrected chi connectivity index (χ3v) is 7.92. The van der Waals surface area contributed by atoms with E-state index < -0.39 is 38.6 Å². The van der Waals surface area contributed by atoms with E-state index in [1.54, 1.807) is 0 Å². The number of nitrogens with one attached hydrogen (secondary N) is 3. The van der Waals surface area contributed by atoms with Crippen molar-refractivity contribution in [3.05, 3.63) is 102 Å². The Morgan fingerprint density at radius 2 is 1.54 bits per heavy atom. The largest absolute Gasteiger partial charge is 0.416 e. The van der Waals surface area contributed by atoms with E-state index in [0.717, 1.165) is 29.3 Å². The first-order valence-electron chi connectivity index (χ1n) is 11.9. The number of benzene rings is 3. The second-order valence-corrected chi connectivity index (χ2v) is 10.8. The van der Waals surface area contributed by atoms with Gasteiger partial charge in [0, 0.05) is 31.6 Å². The minimum atomic E-state index is -4.65. The molecule has 0 unspecified atom stereocenters. The van der Waals surface area contributed by atoms with Gasteiger partial charge in [0.05, 0.1) is 16.4 Å². The summed E-state index contributed by atoms with van der Waals surface area (Å²) in [6.45, 7) is 0.998. The number of rotatable bonds is 8. The number of alkyl halides is 3. The number of amides is 1. The zero-order valence-corrected chi connectivity index (χ0v) is 20.7. The number of hydrogen-bond donors (Lipinski definition) is 3. The minimum Gasteiger partial charge on any atom is -0.355 e. The van der Waals surface area contributed by atoms with E-state index in [1.165, 1.54) is 0 Å². The van der Waals surface area contributed by atoms with Gasteiger partial charge in [0.2, 0.25) is 15.9 Å². The predicted octanol–water partition coefficient (Wildman–Crippen LogP) is 3.91. The van der Waals surface area contributed by atoms with E-state index in [4.69, 9.17) is 0 Å². The second kappa shape index (κ2) is 11.5. The fraction of sp³-hybridized carbons (Fsp3) is 0.296. The third-order valence-electron chi connectivity index (χ3n) is 6.40. The Hall–Kier alpha value is -3.21. The van der Waals surface area contributed by atoms with Crippen LogP contribution in [0.3, 0.4) is 0 Å². The molecular weight excluding hydrogens is 503 g/mol. The maximum Gasteiger partial charge on any atom is 0.416 e. The molecule has 1 aliphatic heterocycles. The van der Waals surface area contributed by atoms with Crippen molar-refractivity contribution in [3.8, 4) is 0 Å². The van der Waals surface area contributed by atoms with Crippen LogP contribution in [0.25, 0.3) is 0 Å². The van der Waals surface area contributed by atoms with E-state index in [1.807, 2.05) is 60.7 Å². The van der Waals surface area contributed by atoms with Crippen LogP contribution in [-0.4, -0.2) is 40.0 Å². The summed E-state index contributed by atoms with van der Waals surface area (Å²) in [5.74, 6) is -0.777. The van der Waals surface area contributed by atoms with Gasteiger partial charge in [0.25, 0.3) is 0 Å². The van der Waals surface area contributed by atoms with Crippen molar-refractivity contribution in [1.29, 1.82) is 0 Å². The van der Waals surface area contributed by atoms with Gasteiger partial charge in [-0.15, -0.1) is 0 Å². The molecule has 3 N–H and O–H groups in total. The maximum atomic E-state index is 13.0. The molecule has 1 saturated heterocycles. The van der Waals surface area contributed by atoms with Crippen LogP contribution in [-0.2, 0) is 21.0 Å². The van der Waals surface area contributed by atoms with Crippen molar-refractivity contribution in [2.45, 2.75) is 29.5 Å². The van der Waals surface area contributed by atoms with Crippen LogP contribution >= 0.6 is 0 Å². The molecule has 1 amide bonds. The monoisotopic (exact) mass is 531 g/mol. The Kier molecular flexibility index (Phi) is 8.31. The van der Waals surface area contributed by atoms with Crippen molar-refractivity contribution >= 4 is 15.9 Å². The SMILES string of the molecule is O=C(NCC(c1ccccc1)c1ccccc1)[C@@H]1CNC[C@H](NS(=O)(=O)c2cccc(C(F)(F)F)c2)C1. The molecule has 1 heterocycles. The normalized spacial score (nSPS) is 18.5. The van der Waals surface area contributed by atoms with Gasteiger partial charge in [0.15, 0.2) is 0 Å². The lowest BCUT2D eigenvalue weighted by molar-refractivity contribution is -0.137. The number of carbonyl (C=O) groups excluding carboxylic acids is 1. The van der Waals surface area contributed by atoms with Crippen LogP contribution in [0.4, 0.5) is 13.2 Å². The van der Waals surface area contributed by atoms with Crippen LogP contribution in [0.2, 0.25) is 0 Å². The van der Waals surface area contributed by atoms with Crippen molar-refractivity contribution in [2.24, 2.45) is 5.92 Å². The molecule has 1 aliphatic rings. The Labute approximate surface area is 214 Å². The molecule has 2 atom stereocenters. The first-order valence-corrected chi connectivity index (χ1v) is 13.4. The molecular formula is C27H28F3N3O3S. The Morgan fingerprint density at radius 1 is 0.919 bits per heavy atom. The molecule has 6 nitrogen and oxygen atoms in total. The van der Waals surface area contributed by atoms with Crippen LogP contribution in [0.15, 0.2) is 89.8 Å². The molecule has 4 rings (SSSR count). The Bertz CT molecular complexity index is 1260. The first kappa shape index (κ1) is 26.8. The van der Waals surface area contributed by atoms with Gasteiger partial charge in [-0.05, 0) is 35.7 Å². The molecule has 0 bridgehead atoms. The summed E-state index contributed by atoms with van der Waals surface area (Å²) < 4.78 is 67.1. The smallest absolute Gasteiger partial charge is 0.355 e. The highest BCUT2D eigenvalue weighted by atomic mass is 32.2. The molecule has 3 aromatic carbocycles. The first-order chi connectivity index (χ1) is 17.6. The predicted molar refractivity (Wildman–Crippen MR) is 134 cm³/mol. The molecule has 0 radical (unpaired) electrons. The van der Waals surface area contributed by atoms with Gasteiger partial charge in [0.1, 0.15) is 0 Å². The fourth-order valence-corrected chi connectivity index (χ4v) is 5.80. The lowest BCUT2D eigenvalue weighted by Crippen LogP contribution is -2.52. The maximum absolute atomic E-state index is 13.0. The summed E-state index contributed by atoms with van der Waals surface area (Å²) in [5, 5.41) is 6.07. The van der Waals surface area contributed by atoms with Gasteiger partial charge in [-0.1, -0.05) is 66.7 Å². The van der Waals surface area contributed by atoms with Gasteiger partial charge in [-0.3, -0.25) is 4.79 Å². The van der Waals surface area contributed by atoms with Crippen LogP contribution in [0, 0.1) is 5.92 Å². The summed E-state index contributed by atoms with van der Waals surface area (Å²) in [7, 11) is -4.21. The molecule has 196 valence electrons. The topological polar surface area (TPSA) is 87.3 Å². The van der Waals surface area contributed by atoms with Crippen molar-refractivity contribution < 1.29 is 26.4 Å². The zero-order valence-electron chi connectivity index (χ0n) is 19.9. The molecule has 0 spiro atoms. The molecule has 37 heavy (non-hydrogen) atoms. The summed E-state index contributed by atoms with van der Waals surface area (Å²) in [6, 6.07) is 22.6. The average molecular weight is 532 g/mol. The van der Waals surface area contributed by atoms with Crippen molar-refractivity contribution in [3.63, 3.8) is 0 Å². The van der Waals surface area contributed by atoms with Gasteiger partial charge >= 0.3 is 6.18 Å². The van der Waals surface area contributed by atoms with Crippen molar-refractivity contribution in [1.82, 2.24) is 15.4 Å². The van der Waals surface area contributed by atoms with E-state index in [2.05, 4.69) is 15.4 Å². The van der Waals surface area contributed by atoms with Crippen LogP contribution < -0.4 is 15.4 Å². The van der Waals surface area contributed by atoms with Crippen molar-refractivity contribution in [2.75, 3.05) is 19.6 Å². The summed E-state index contributed by atoms with van der Waals surface area (Å²) in [6.07, 6.45) is -4.43. The highest BCUT2D eigenvalue weighted by Gasteiger charge is 2.33. The number of carbonyl (C=O) groups is 1. The highest BCUT2D eigenvalue weighted by molar-refractivity contribution is 7.89. The second-order valence-electron chi connectivity index (χ2n) is 9.05. The fourth-order valence-electron chi connectivity index (χ4n) is 4.50. The third kappa shape index (κ3) is 6.97. The number of piperidine rings is 1. The standard InChI is InChI=1S/C27H28F3N3O3S/c28-27(29,30)22-12-7-13-24(15-22)37(35,36)33-23-14-21(16-31-17-23)26(34)32-18-25(19-8-3-1-4-9-19)20-10-5-2-6-11-20/h1-13,15,21,23,25,31,33H,14,16-18H2,(H,32,34)/t21-,23+/m0/s1. The minimum absolute atomic E-state index is 0.0573. The molecule has 1 fully saturated rings.